The maximum Gasteiger partial charge on any atom is 0.387 e. The first-order valence-corrected chi connectivity index (χ1v) is 11.7. The SMILES string of the molecule is Cn1nc(-c2ccc(CN3CCC[C@H]([C@](C)(O)CO)C3)c(OC(F)F)c2)cc1-c1ccc(C#N)nc1. The molecule has 1 aromatic carbocycles. The summed E-state index contributed by atoms with van der Waals surface area (Å²) < 4.78 is 33.1. The highest BCUT2D eigenvalue weighted by molar-refractivity contribution is 5.69. The first-order valence-electron chi connectivity index (χ1n) is 11.7. The third-order valence-electron chi connectivity index (χ3n) is 6.73. The van der Waals surface area contributed by atoms with Gasteiger partial charge in [0.05, 0.1) is 23.6 Å². The fourth-order valence-corrected chi connectivity index (χ4v) is 4.62. The molecule has 190 valence electrons. The molecule has 0 unspecified atom stereocenters. The number of benzene rings is 1. The summed E-state index contributed by atoms with van der Waals surface area (Å²) in [6.45, 7) is 0.000145. The fourth-order valence-electron chi connectivity index (χ4n) is 4.62. The second-order valence-corrected chi connectivity index (χ2v) is 9.37. The minimum atomic E-state index is -2.98. The summed E-state index contributed by atoms with van der Waals surface area (Å²) in [5.41, 5.74) is 2.47. The van der Waals surface area contributed by atoms with Gasteiger partial charge in [-0.2, -0.15) is 19.1 Å². The number of hydrogen-bond acceptors (Lipinski definition) is 7. The predicted octanol–water partition coefficient (Wildman–Crippen LogP) is 3.58. The molecule has 1 aliphatic rings. The number of likely N-dealkylation sites (tertiary alicyclic amines) is 1. The molecular formula is C26H29F2N5O3. The number of aromatic nitrogens is 3. The van der Waals surface area contributed by atoms with Gasteiger partial charge >= 0.3 is 6.61 Å². The van der Waals surface area contributed by atoms with E-state index in [0.29, 0.717) is 35.6 Å². The molecule has 2 aromatic heterocycles. The topological polar surface area (TPSA) is 107 Å². The summed E-state index contributed by atoms with van der Waals surface area (Å²) >= 11 is 0. The molecule has 10 heteroatoms. The van der Waals surface area contributed by atoms with Crippen LogP contribution in [0.15, 0.2) is 42.6 Å². The molecule has 1 aliphatic heterocycles. The Kier molecular flexibility index (Phi) is 7.64. The van der Waals surface area contributed by atoms with Gasteiger partial charge in [-0.1, -0.05) is 12.1 Å². The normalized spacial score (nSPS) is 18.1. The van der Waals surface area contributed by atoms with Gasteiger partial charge in [-0.15, -0.1) is 0 Å². The van der Waals surface area contributed by atoms with Gasteiger partial charge in [0.2, 0.25) is 0 Å². The molecule has 0 bridgehead atoms. The average molecular weight is 498 g/mol. The van der Waals surface area contributed by atoms with Crippen LogP contribution in [0.4, 0.5) is 8.78 Å². The smallest absolute Gasteiger partial charge is 0.387 e. The Hall–Kier alpha value is -3.39. The molecule has 0 spiro atoms. The number of alkyl halides is 2. The third-order valence-corrected chi connectivity index (χ3v) is 6.73. The van der Waals surface area contributed by atoms with Crippen LogP contribution >= 0.6 is 0 Å². The van der Waals surface area contributed by atoms with E-state index in [-0.39, 0.29) is 18.3 Å². The van der Waals surface area contributed by atoms with Gasteiger partial charge in [-0.3, -0.25) is 9.58 Å². The van der Waals surface area contributed by atoms with Gasteiger partial charge in [-0.05, 0) is 50.6 Å². The number of hydrogen-bond donors (Lipinski definition) is 2. The predicted molar refractivity (Wildman–Crippen MR) is 129 cm³/mol. The van der Waals surface area contributed by atoms with E-state index >= 15 is 0 Å². The summed E-state index contributed by atoms with van der Waals surface area (Å²) in [5.74, 6) is -0.0376. The van der Waals surface area contributed by atoms with Crippen LogP contribution in [0.25, 0.3) is 22.5 Å². The van der Waals surface area contributed by atoms with Crippen molar-refractivity contribution >= 4 is 0 Å². The van der Waals surface area contributed by atoms with Crippen molar-refractivity contribution in [3.8, 4) is 34.3 Å². The Morgan fingerprint density at radius 1 is 1.25 bits per heavy atom. The van der Waals surface area contributed by atoms with Crippen molar-refractivity contribution in [1.29, 1.82) is 5.26 Å². The highest BCUT2D eigenvalue weighted by Gasteiger charge is 2.34. The number of nitrogens with zero attached hydrogens (tertiary/aromatic N) is 5. The van der Waals surface area contributed by atoms with Crippen LogP contribution in [-0.2, 0) is 13.6 Å². The molecule has 0 aliphatic carbocycles. The minimum absolute atomic E-state index is 0.0748. The van der Waals surface area contributed by atoms with Gasteiger partial charge in [0, 0.05) is 48.9 Å². The number of aliphatic hydroxyl groups excluding tert-OH is 1. The van der Waals surface area contributed by atoms with E-state index in [1.54, 1.807) is 49.1 Å². The number of rotatable bonds is 8. The van der Waals surface area contributed by atoms with Crippen LogP contribution < -0.4 is 4.74 Å². The zero-order valence-corrected chi connectivity index (χ0v) is 20.2. The van der Waals surface area contributed by atoms with Crippen molar-refractivity contribution in [2.45, 2.75) is 38.5 Å². The van der Waals surface area contributed by atoms with Crippen LogP contribution in [0.2, 0.25) is 0 Å². The van der Waals surface area contributed by atoms with E-state index in [1.807, 2.05) is 18.2 Å². The van der Waals surface area contributed by atoms with E-state index in [0.717, 1.165) is 30.6 Å². The van der Waals surface area contributed by atoms with Crippen molar-refractivity contribution in [3.05, 3.63) is 53.9 Å². The molecule has 3 heterocycles. The minimum Gasteiger partial charge on any atom is -0.434 e. The van der Waals surface area contributed by atoms with Crippen molar-refractivity contribution in [2.24, 2.45) is 13.0 Å². The zero-order valence-electron chi connectivity index (χ0n) is 20.2. The van der Waals surface area contributed by atoms with Crippen LogP contribution in [0.1, 0.15) is 31.0 Å². The van der Waals surface area contributed by atoms with Crippen LogP contribution in [0.5, 0.6) is 5.75 Å². The van der Waals surface area contributed by atoms with Crippen LogP contribution in [0, 0.1) is 17.2 Å². The molecule has 0 radical (unpaired) electrons. The lowest BCUT2D eigenvalue weighted by molar-refractivity contribution is -0.0702. The molecule has 8 nitrogen and oxygen atoms in total. The number of ether oxygens (including phenoxy) is 1. The lowest BCUT2D eigenvalue weighted by Crippen LogP contribution is -2.47. The van der Waals surface area contributed by atoms with Crippen molar-refractivity contribution in [1.82, 2.24) is 19.7 Å². The number of pyridine rings is 1. The number of halogens is 2. The summed E-state index contributed by atoms with van der Waals surface area (Å²) in [4.78, 5) is 6.18. The summed E-state index contributed by atoms with van der Waals surface area (Å²) in [5, 5.41) is 33.5. The third kappa shape index (κ3) is 5.70. The highest BCUT2D eigenvalue weighted by Crippen LogP contribution is 2.33. The Balaban J connectivity index is 1.59. The number of aryl methyl sites for hydroxylation is 1. The highest BCUT2D eigenvalue weighted by atomic mass is 19.3. The second-order valence-electron chi connectivity index (χ2n) is 9.37. The van der Waals surface area contributed by atoms with Gasteiger partial charge in [-0.25, -0.2) is 4.98 Å². The van der Waals surface area contributed by atoms with Gasteiger partial charge in [0.25, 0.3) is 0 Å². The molecule has 2 N–H and O–H groups in total. The Morgan fingerprint density at radius 3 is 2.69 bits per heavy atom. The maximum atomic E-state index is 13.3. The van der Waals surface area contributed by atoms with Gasteiger partial charge in [0.15, 0.2) is 0 Å². The Bertz CT molecular complexity index is 1240. The fraction of sp³-hybridized carbons (Fsp3) is 0.423. The second kappa shape index (κ2) is 10.7. The Labute approximate surface area is 208 Å². The molecule has 0 saturated carbocycles. The summed E-state index contributed by atoms with van der Waals surface area (Å²) in [7, 11) is 1.77. The van der Waals surface area contributed by atoms with Crippen LogP contribution in [0.3, 0.4) is 0 Å². The zero-order chi connectivity index (χ0) is 25.9. The number of nitriles is 1. The standard InChI is InChI=1S/C26H29F2N5O3/c1-26(35,16-34)20-4-3-9-33(15-20)14-19-6-5-17(10-24(19)36-25(27)28)22-11-23(32(2)31-22)18-7-8-21(12-29)30-13-18/h5-8,10-11,13,20,25,34-35H,3-4,9,14-16H2,1-2H3/t20-,26+/m0/s1. The molecule has 0 amide bonds. The summed E-state index contributed by atoms with van der Waals surface area (Å²) in [6.07, 6.45) is 3.22. The average Bonchev–Trinajstić information content (AvgIpc) is 3.26. The first kappa shape index (κ1) is 25.7. The van der Waals surface area contributed by atoms with E-state index < -0.39 is 12.2 Å². The van der Waals surface area contributed by atoms with E-state index in [4.69, 9.17) is 10.00 Å². The lowest BCUT2D eigenvalue weighted by Gasteiger charge is -2.39. The molecule has 36 heavy (non-hydrogen) atoms. The van der Waals surface area contributed by atoms with E-state index in [1.165, 1.54) is 0 Å². The first-order chi connectivity index (χ1) is 17.2. The molecule has 1 saturated heterocycles. The van der Waals surface area contributed by atoms with Crippen molar-refractivity contribution in [3.63, 3.8) is 0 Å². The van der Waals surface area contributed by atoms with Crippen LogP contribution in [-0.4, -0.2) is 61.8 Å². The van der Waals surface area contributed by atoms with Crippen molar-refractivity contribution in [2.75, 3.05) is 19.7 Å². The quantitative estimate of drug-likeness (QED) is 0.490. The van der Waals surface area contributed by atoms with Gasteiger partial charge in [0.1, 0.15) is 17.5 Å². The molecular weight excluding hydrogens is 468 g/mol. The Morgan fingerprint density at radius 2 is 2.03 bits per heavy atom. The molecule has 2 atom stereocenters. The van der Waals surface area contributed by atoms with Gasteiger partial charge < -0.3 is 14.9 Å². The lowest BCUT2D eigenvalue weighted by atomic mass is 9.83. The molecule has 3 aromatic rings. The van der Waals surface area contributed by atoms with E-state index in [2.05, 4.69) is 15.0 Å². The molecule has 4 rings (SSSR count). The summed E-state index contributed by atoms with van der Waals surface area (Å²) in [6, 6.07) is 12.4. The monoisotopic (exact) mass is 497 g/mol. The largest absolute Gasteiger partial charge is 0.434 e. The van der Waals surface area contributed by atoms with E-state index in [9.17, 15) is 19.0 Å². The number of piperidine rings is 1. The molecule has 1 fully saturated rings. The van der Waals surface area contributed by atoms with Crippen molar-refractivity contribution < 1.29 is 23.7 Å². The maximum absolute atomic E-state index is 13.3. The number of aliphatic hydroxyl groups is 2.